The van der Waals surface area contributed by atoms with Crippen LogP contribution in [0.25, 0.3) is 0 Å². The molecule has 21 heavy (non-hydrogen) atoms. The second-order valence-electron chi connectivity index (χ2n) is 4.49. The lowest BCUT2D eigenvalue weighted by atomic mass is 10.2. The minimum absolute atomic E-state index is 0. The molecule has 0 spiro atoms. The molecule has 6 heteroatoms. The summed E-state index contributed by atoms with van der Waals surface area (Å²) in [5.74, 6) is 1.76. The average molecular weight is 407 g/mol. The highest BCUT2D eigenvalue weighted by molar-refractivity contribution is 14.0. The molecule has 0 aromatic heterocycles. The molecule has 0 amide bonds. The van der Waals surface area contributed by atoms with Gasteiger partial charge >= 0.3 is 0 Å². The van der Waals surface area contributed by atoms with Gasteiger partial charge in [-0.3, -0.25) is 4.99 Å². The standard InChI is InChI=1S/C15H25N3O2.HI/c1-16-15(17-10-7-11-19-3)18(2)12-13-8-5-6-9-14(13)20-4;/h5-6,8-9H,7,10-12H2,1-4H3,(H,16,17);1H. The number of para-hydroxylation sites is 1. The van der Waals surface area contributed by atoms with E-state index in [1.807, 2.05) is 25.2 Å². The van der Waals surface area contributed by atoms with E-state index in [2.05, 4.69) is 21.3 Å². The third kappa shape index (κ3) is 6.99. The maximum absolute atomic E-state index is 5.37. The second kappa shape index (κ2) is 11.6. The van der Waals surface area contributed by atoms with E-state index >= 15 is 0 Å². The molecule has 0 heterocycles. The quantitative estimate of drug-likeness (QED) is 0.326. The molecule has 0 unspecified atom stereocenters. The molecule has 0 aliphatic carbocycles. The van der Waals surface area contributed by atoms with Crippen molar-refractivity contribution in [1.82, 2.24) is 10.2 Å². The molecule has 0 saturated carbocycles. The Hall–Kier alpha value is -1.02. The van der Waals surface area contributed by atoms with Crippen molar-refractivity contribution in [2.45, 2.75) is 13.0 Å². The molecule has 0 saturated heterocycles. The van der Waals surface area contributed by atoms with Gasteiger partial charge in [0.2, 0.25) is 0 Å². The zero-order valence-corrected chi connectivity index (χ0v) is 15.6. The molecule has 0 fully saturated rings. The van der Waals surface area contributed by atoms with Crippen LogP contribution in [0.5, 0.6) is 5.75 Å². The monoisotopic (exact) mass is 407 g/mol. The van der Waals surface area contributed by atoms with Gasteiger partial charge in [0.05, 0.1) is 7.11 Å². The summed E-state index contributed by atoms with van der Waals surface area (Å²) < 4.78 is 10.4. The topological polar surface area (TPSA) is 46.1 Å². The van der Waals surface area contributed by atoms with E-state index in [0.29, 0.717) is 0 Å². The Morgan fingerprint density at radius 1 is 1.29 bits per heavy atom. The van der Waals surface area contributed by atoms with Gasteiger partial charge < -0.3 is 19.7 Å². The first-order valence-electron chi connectivity index (χ1n) is 6.75. The lowest BCUT2D eigenvalue weighted by molar-refractivity contribution is 0.195. The number of benzene rings is 1. The van der Waals surface area contributed by atoms with E-state index in [-0.39, 0.29) is 24.0 Å². The van der Waals surface area contributed by atoms with E-state index in [1.54, 1.807) is 21.3 Å². The number of rotatable bonds is 7. The minimum Gasteiger partial charge on any atom is -0.496 e. The van der Waals surface area contributed by atoms with Crippen molar-refractivity contribution < 1.29 is 9.47 Å². The van der Waals surface area contributed by atoms with Gasteiger partial charge in [0.1, 0.15) is 5.75 Å². The Bertz CT molecular complexity index is 427. The fourth-order valence-electron chi connectivity index (χ4n) is 1.97. The number of guanidine groups is 1. The number of hydrogen-bond acceptors (Lipinski definition) is 3. The van der Waals surface area contributed by atoms with E-state index < -0.39 is 0 Å². The van der Waals surface area contributed by atoms with Gasteiger partial charge in [0.25, 0.3) is 0 Å². The molecule has 0 radical (unpaired) electrons. The number of halogens is 1. The zero-order chi connectivity index (χ0) is 14.8. The summed E-state index contributed by atoms with van der Waals surface area (Å²) in [7, 11) is 7.20. The molecule has 0 aliphatic rings. The molecule has 1 aromatic carbocycles. The Balaban J connectivity index is 0.00000400. The molecular weight excluding hydrogens is 381 g/mol. The van der Waals surface area contributed by atoms with Crippen molar-refractivity contribution >= 4 is 29.9 Å². The maximum Gasteiger partial charge on any atom is 0.193 e. The summed E-state index contributed by atoms with van der Waals surface area (Å²) in [4.78, 5) is 6.36. The largest absolute Gasteiger partial charge is 0.496 e. The molecule has 1 rings (SSSR count). The van der Waals surface area contributed by atoms with Crippen molar-refractivity contribution in [2.75, 3.05) is 41.5 Å². The van der Waals surface area contributed by atoms with Gasteiger partial charge in [0, 0.05) is 46.5 Å². The smallest absolute Gasteiger partial charge is 0.193 e. The Morgan fingerprint density at radius 2 is 2.00 bits per heavy atom. The zero-order valence-electron chi connectivity index (χ0n) is 13.3. The van der Waals surface area contributed by atoms with Crippen LogP contribution in [0.4, 0.5) is 0 Å². The van der Waals surface area contributed by atoms with Crippen LogP contribution in [0.15, 0.2) is 29.3 Å². The van der Waals surface area contributed by atoms with E-state index in [9.17, 15) is 0 Å². The Kier molecular flexibility index (Phi) is 11.1. The first-order valence-corrected chi connectivity index (χ1v) is 6.75. The van der Waals surface area contributed by atoms with Crippen molar-refractivity contribution in [2.24, 2.45) is 4.99 Å². The highest BCUT2D eigenvalue weighted by atomic mass is 127. The van der Waals surface area contributed by atoms with Gasteiger partial charge in [-0.1, -0.05) is 18.2 Å². The van der Waals surface area contributed by atoms with Gasteiger partial charge in [-0.25, -0.2) is 0 Å². The Morgan fingerprint density at radius 3 is 2.62 bits per heavy atom. The van der Waals surface area contributed by atoms with Crippen LogP contribution in [-0.4, -0.2) is 52.3 Å². The normalized spacial score (nSPS) is 10.8. The molecule has 0 bridgehead atoms. The predicted molar refractivity (Wildman–Crippen MR) is 97.7 cm³/mol. The molecule has 1 N–H and O–H groups in total. The summed E-state index contributed by atoms with van der Waals surface area (Å²) in [6.45, 7) is 2.34. The van der Waals surface area contributed by atoms with E-state index in [4.69, 9.17) is 9.47 Å². The summed E-state index contributed by atoms with van der Waals surface area (Å²) in [5, 5.41) is 3.32. The first-order chi connectivity index (χ1) is 9.72. The van der Waals surface area contributed by atoms with E-state index in [1.165, 1.54) is 0 Å². The number of aliphatic imine (C=N–C) groups is 1. The number of nitrogens with one attached hydrogen (secondary N) is 1. The highest BCUT2D eigenvalue weighted by Crippen LogP contribution is 2.18. The van der Waals surface area contributed by atoms with Gasteiger partial charge in [-0.2, -0.15) is 0 Å². The van der Waals surface area contributed by atoms with Crippen LogP contribution < -0.4 is 10.1 Å². The third-order valence-electron chi connectivity index (χ3n) is 2.98. The average Bonchev–Trinajstić information content (AvgIpc) is 2.48. The van der Waals surface area contributed by atoms with Crippen molar-refractivity contribution in [3.05, 3.63) is 29.8 Å². The van der Waals surface area contributed by atoms with Crippen LogP contribution in [0.1, 0.15) is 12.0 Å². The lowest BCUT2D eigenvalue weighted by Crippen LogP contribution is -2.39. The van der Waals surface area contributed by atoms with Crippen LogP contribution in [0.2, 0.25) is 0 Å². The van der Waals surface area contributed by atoms with Crippen LogP contribution in [0, 0.1) is 0 Å². The number of hydrogen-bond donors (Lipinski definition) is 1. The van der Waals surface area contributed by atoms with Gasteiger partial charge in [-0.05, 0) is 12.5 Å². The SMILES string of the molecule is CN=C(NCCCOC)N(C)Cc1ccccc1OC.I. The fourth-order valence-corrected chi connectivity index (χ4v) is 1.97. The van der Waals surface area contributed by atoms with Crippen LogP contribution in [-0.2, 0) is 11.3 Å². The highest BCUT2D eigenvalue weighted by Gasteiger charge is 2.09. The first kappa shape index (κ1) is 20.0. The van der Waals surface area contributed by atoms with Crippen molar-refractivity contribution in [1.29, 1.82) is 0 Å². The third-order valence-corrected chi connectivity index (χ3v) is 2.98. The predicted octanol–water partition coefficient (Wildman–Crippen LogP) is 2.36. The molecular formula is C15H26IN3O2. The van der Waals surface area contributed by atoms with Crippen molar-refractivity contribution in [3.8, 4) is 5.75 Å². The number of ether oxygens (including phenoxy) is 2. The second-order valence-corrected chi connectivity index (χ2v) is 4.49. The van der Waals surface area contributed by atoms with Crippen molar-refractivity contribution in [3.63, 3.8) is 0 Å². The summed E-state index contributed by atoms with van der Waals surface area (Å²) >= 11 is 0. The van der Waals surface area contributed by atoms with E-state index in [0.717, 1.165) is 43.4 Å². The summed E-state index contributed by atoms with van der Waals surface area (Å²) in [6.07, 6.45) is 0.956. The maximum atomic E-state index is 5.37. The molecule has 0 aliphatic heterocycles. The fraction of sp³-hybridized carbons (Fsp3) is 0.533. The number of methoxy groups -OCH3 is 2. The summed E-state index contributed by atoms with van der Waals surface area (Å²) in [6, 6.07) is 8.02. The van der Waals surface area contributed by atoms with Gasteiger partial charge in [-0.15, -0.1) is 24.0 Å². The van der Waals surface area contributed by atoms with Crippen LogP contribution in [0.3, 0.4) is 0 Å². The molecule has 120 valence electrons. The minimum atomic E-state index is 0. The Labute approximate surface area is 144 Å². The van der Waals surface area contributed by atoms with Crippen LogP contribution >= 0.6 is 24.0 Å². The lowest BCUT2D eigenvalue weighted by Gasteiger charge is -2.23. The molecule has 0 atom stereocenters. The molecule has 5 nitrogen and oxygen atoms in total. The number of nitrogens with zero attached hydrogens (tertiary/aromatic N) is 2. The van der Waals surface area contributed by atoms with Gasteiger partial charge in [0.15, 0.2) is 5.96 Å². The molecule has 1 aromatic rings. The summed E-state index contributed by atoms with van der Waals surface area (Å²) in [5.41, 5.74) is 1.14.